The van der Waals surface area contributed by atoms with E-state index in [2.05, 4.69) is 5.32 Å². The normalized spacial score (nSPS) is 10.6. The number of benzene rings is 3. The van der Waals surface area contributed by atoms with Gasteiger partial charge in [0.25, 0.3) is 0 Å². The minimum atomic E-state index is 0.421. The minimum Gasteiger partial charge on any atom is -0.489 e. The Kier molecular flexibility index (Phi) is 6.31. The molecule has 0 amide bonds. The zero-order valence-electron chi connectivity index (χ0n) is 14.2. The predicted molar refractivity (Wildman–Crippen MR) is 111 cm³/mol. The van der Waals surface area contributed by atoms with Crippen molar-refractivity contribution in [1.29, 1.82) is 0 Å². The van der Waals surface area contributed by atoms with Gasteiger partial charge < -0.3 is 10.1 Å². The van der Waals surface area contributed by atoms with E-state index in [9.17, 15) is 0 Å². The van der Waals surface area contributed by atoms with Crippen molar-refractivity contribution in [1.82, 2.24) is 0 Å². The molecule has 0 aromatic heterocycles. The van der Waals surface area contributed by atoms with Crippen molar-refractivity contribution in [2.75, 3.05) is 5.32 Å². The molecule has 5 heteroatoms. The van der Waals surface area contributed by atoms with Gasteiger partial charge in [0.1, 0.15) is 12.4 Å². The summed E-state index contributed by atoms with van der Waals surface area (Å²) in [6.45, 7) is 3.04. The summed E-state index contributed by atoms with van der Waals surface area (Å²) >= 11 is 18.2. The van der Waals surface area contributed by atoms with Gasteiger partial charge in [-0.3, -0.25) is 0 Å². The van der Waals surface area contributed by atoms with E-state index in [1.807, 2.05) is 61.5 Å². The van der Waals surface area contributed by atoms with Crippen LogP contribution >= 0.6 is 34.8 Å². The van der Waals surface area contributed by atoms with Crippen LogP contribution in [-0.2, 0) is 13.2 Å². The van der Waals surface area contributed by atoms with Crippen LogP contribution in [-0.4, -0.2) is 0 Å². The van der Waals surface area contributed by atoms with E-state index >= 15 is 0 Å². The van der Waals surface area contributed by atoms with E-state index in [0.29, 0.717) is 23.2 Å². The number of ether oxygens (including phenoxy) is 1. The number of anilines is 1. The van der Waals surface area contributed by atoms with Crippen molar-refractivity contribution in [3.05, 3.63) is 92.4 Å². The number of halogens is 3. The van der Waals surface area contributed by atoms with Gasteiger partial charge in [-0.2, -0.15) is 0 Å². The standard InChI is InChI=1S/C21H18Cl3NO/c1-14-6-8-17(11-19(14)23)25-12-16-4-2-3-5-21(16)26-13-15-7-9-18(22)20(24)10-15/h2-11,25H,12-13H2,1H3. The largest absolute Gasteiger partial charge is 0.489 e. The first kappa shape index (κ1) is 18.9. The van der Waals surface area contributed by atoms with Crippen LogP contribution in [0, 0.1) is 6.92 Å². The van der Waals surface area contributed by atoms with E-state index in [1.165, 1.54) is 0 Å². The summed E-state index contributed by atoms with van der Waals surface area (Å²) in [6, 6.07) is 19.4. The van der Waals surface area contributed by atoms with Gasteiger partial charge in [0.15, 0.2) is 0 Å². The van der Waals surface area contributed by atoms with Crippen LogP contribution in [0.2, 0.25) is 15.1 Å². The lowest BCUT2D eigenvalue weighted by Crippen LogP contribution is -2.04. The molecule has 0 unspecified atom stereocenters. The molecule has 26 heavy (non-hydrogen) atoms. The Morgan fingerprint density at radius 1 is 0.846 bits per heavy atom. The van der Waals surface area contributed by atoms with E-state index < -0.39 is 0 Å². The molecular formula is C21H18Cl3NO. The smallest absolute Gasteiger partial charge is 0.124 e. The minimum absolute atomic E-state index is 0.421. The molecule has 3 aromatic rings. The molecule has 0 saturated carbocycles. The maximum Gasteiger partial charge on any atom is 0.124 e. The summed E-state index contributed by atoms with van der Waals surface area (Å²) in [6.07, 6.45) is 0. The Labute approximate surface area is 168 Å². The lowest BCUT2D eigenvalue weighted by atomic mass is 10.1. The number of para-hydroxylation sites is 1. The maximum absolute atomic E-state index is 6.18. The molecule has 0 saturated heterocycles. The Hall–Kier alpha value is -1.87. The first-order chi connectivity index (χ1) is 12.5. The van der Waals surface area contributed by atoms with Crippen LogP contribution < -0.4 is 10.1 Å². The molecule has 0 aliphatic heterocycles. The maximum atomic E-state index is 6.18. The molecule has 0 heterocycles. The van der Waals surface area contributed by atoms with Gasteiger partial charge in [-0.1, -0.05) is 65.1 Å². The zero-order chi connectivity index (χ0) is 18.5. The molecular weight excluding hydrogens is 389 g/mol. The molecule has 3 aromatic carbocycles. The van der Waals surface area contributed by atoms with Crippen molar-refractivity contribution >= 4 is 40.5 Å². The number of hydrogen-bond acceptors (Lipinski definition) is 2. The van der Waals surface area contributed by atoms with Gasteiger partial charge in [0.05, 0.1) is 10.0 Å². The highest BCUT2D eigenvalue weighted by Gasteiger charge is 2.06. The molecule has 3 rings (SSSR count). The zero-order valence-corrected chi connectivity index (χ0v) is 16.5. The summed E-state index contributed by atoms with van der Waals surface area (Å²) < 4.78 is 5.98. The van der Waals surface area contributed by atoms with Crippen molar-refractivity contribution in [3.63, 3.8) is 0 Å². The number of rotatable bonds is 6. The Balaban J connectivity index is 1.67. The molecule has 0 atom stereocenters. The van der Waals surface area contributed by atoms with Gasteiger partial charge in [-0.25, -0.2) is 0 Å². The lowest BCUT2D eigenvalue weighted by Gasteiger charge is -2.13. The fourth-order valence-electron chi connectivity index (χ4n) is 2.48. The molecule has 2 nitrogen and oxygen atoms in total. The monoisotopic (exact) mass is 405 g/mol. The molecule has 0 fully saturated rings. The van der Waals surface area contributed by atoms with Gasteiger partial charge in [-0.15, -0.1) is 0 Å². The summed E-state index contributed by atoms with van der Waals surface area (Å²) in [5, 5.41) is 5.20. The Bertz CT molecular complexity index is 837. The third-order valence-corrected chi connectivity index (χ3v) is 5.15. The molecule has 0 bridgehead atoms. The van der Waals surface area contributed by atoms with Gasteiger partial charge in [-0.05, 0) is 48.4 Å². The Morgan fingerprint density at radius 2 is 1.65 bits per heavy atom. The molecule has 0 aliphatic rings. The molecule has 0 aliphatic carbocycles. The van der Waals surface area contributed by atoms with Gasteiger partial charge >= 0.3 is 0 Å². The van der Waals surface area contributed by atoms with E-state index in [4.69, 9.17) is 39.5 Å². The third kappa shape index (κ3) is 4.85. The second kappa shape index (κ2) is 8.68. The van der Waals surface area contributed by atoms with E-state index in [-0.39, 0.29) is 0 Å². The highest BCUT2D eigenvalue weighted by Crippen LogP contribution is 2.26. The summed E-state index contributed by atoms with van der Waals surface area (Å²) in [4.78, 5) is 0. The number of aryl methyl sites for hydroxylation is 1. The summed E-state index contributed by atoms with van der Waals surface area (Å²) in [5.74, 6) is 0.823. The topological polar surface area (TPSA) is 21.3 Å². The molecule has 1 N–H and O–H groups in total. The predicted octanol–water partition coefficient (Wildman–Crippen LogP) is 7.15. The third-order valence-electron chi connectivity index (χ3n) is 4.01. The van der Waals surface area contributed by atoms with Crippen LogP contribution in [0.25, 0.3) is 0 Å². The highest BCUT2D eigenvalue weighted by molar-refractivity contribution is 6.42. The van der Waals surface area contributed by atoms with Gasteiger partial charge in [0.2, 0.25) is 0 Å². The average molecular weight is 407 g/mol. The highest BCUT2D eigenvalue weighted by atomic mass is 35.5. The van der Waals surface area contributed by atoms with E-state index in [0.717, 1.165) is 33.1 Å². The van der Waals surface area contributed by atoms with Crippen LogP contribution in [0.5, 0.6) is 5.75 Å². The van der Waals surface area contributed by atoms with E-state index in [1.54, 1.807) is 6.07 Å². The quantitative estimate of drug-likeness (QED) is 0.469. The van der Waals surface area contributed by atoms with Gasteiger partial charge in [0, 0.05) is 22.8 Å². The molecule has 0 radical (unpaired) electrons. The fourth-order valence-corrected chi connectivity index (χ4v) is 2.98. The van der Waals surface area contributed by atoms with Crippen LogP contribution in [0.15, 0.2) is 60.7 Å². The summed E-state index contributed by atoms with van der Waals surface area (Å²) in [5.41, 5.74) is 4.05. The van der Waals surface area contributed by atoms with Crippen molar-refractivity contribution in [2.24, 2.45) is 0 Å². The number of hydrogen-bond donors (Lipinski definition) is 1. The Morgan fingerprint density at radius 3 is 2.42 bits per heavy atom. The summed E-state index contributed by atoms with van der Waals surface area (Å²) in [7, 11) is 0. The average Bonchev–Trinajstić information content (AvgIpc) is 2.64. The fraction of sp³-hybridized carbons (Fsp3) is 0.143. The SMILES string of the molecule is Cc1ccc(NCc2ccccc2OCc2ccc(Cl)c(Cl)c2)cc1Cl. The molecule has 0 spiro atoms. The second-order valence-electron chi connectivity index (χ2n) is 5.96. The first-order valence-electron chi connectivity index (χ1n) is 8.17. The molecule has 134 valence electrons. The second-order valence-corrected chi connectivity index (χ2v) is 7.18. The van der Waals surface area contributed by atoms with Crippen molar-refractivity contribution in [3.8, 4) is 5.75 Å². The number of nitrogens with one attached hydrogen (secondary N) is 1. The lowest BCUT2D eigenvalue weighted by molar-refractivity contribution is 0.303. The first-order valence-corrected chi connectivity index (χ1v) is 9.31. The van der Waals surface area contributed by atoms with Crippen LogP contribution in [0.3, 0.4) is 0 Å². The van der Waals surface area contributed by atoms with Crippen LogP contribution in [0.4, 0.5) is 5.69 Å². The van der Waals surface area contributed by atoms with Crippen LogP contribution in [0.1, 0.15) is 16.7 Å². The van der Waals surface area contributed by atoms with Crippen molar-refractivity contribution < 1.29 is 4.74 Å². The van der Waals surface area contributed by atoms with Crippen molar-refractivity contribution in [2.45, 2.75) is 20.1 Å².